The van der Waals surface area contributed by atoms with Gasteiger partial charge in [-0.05, 0) is 29.8 Å². The fourth-order valence-electron chi connectivity index (χ4n) is 2.04. The largest absolute Gasteiger partial charge is 0.490 e. The lowest BCUT2D eigenvalue weighted by Gasteiger charge is -2.08. The Morgan fingerprint density at radius 3 is 2.86 bits per heavy atom. The van der Waals surface area contributed by atoms with Crippen molar-refractivity contribution in [2.24, 2.45) is 0 Å². The van der Waals surface area contributed by atoms with E-state index in [1.54, 1.807) is 12.3 Å². The second-order valence-corrected chi connectivity index (χ2v) is 4.65. The van der Waals surface area contributed by atoms with Crippen LogP contribution in [0.5, 0.6) is 5.75 Å². The molecule has 2 N–H and O–H groups in total. The summed E-state index contributed by atoms with van der Waals surface area (Å²) in [5.41, 5.74) is 2.24. The van der Waals surface area contributed by atoms with E-state index >= 15 is 0 Å². The Morgan fingerprint density at radius 2 is 2.00 bits per heavy atom. The highest BCUT2D eigenvalue weighted by molar-refractivity contribution is 6.58. The lowest BCUT2D eigenvalue weighted by atomic mass is 9.82. The average Bonchev–Trinajstić information content (AvgIpc) is 2.53. The number of aromatic nitrogens is 2. The molecule has 0 bridgehead atoms. The van der Waals surface area contributed by atoms with Crippen LogP contribution in [0.2, 0.25) is 0 Å². The summed E-state index contributed by atoms with van der Waals surface area (Å²) in [5.74, 6) is 0.492. The zero-order valence-electron chi connectivity index (χ0n) is 11.2. The minimum Gasteiger partial charge on any atom is -0.487 e. The van der Waals surface area contributed by atoms with E-state index in [1.165, 1.54) is 12.4 Å². The highest BCUT2D eigenvalue weighted by atomic mass is 16.5. The lowest BCUT2D eigenvalue weighted by molar-refractivity contribution is 0.305. The summed E-state index contributed by atoms with van der Waals surface area (Å²) in [4.78, 5) is 8.18. The molecule has 104 valence electrons. The SMILES string of the molecule is OB(O)c1cncc(OCc2ccc3ncccc3c2)c1. The van der Waals surface area contributed by atoms with Crippen molar-refractivity contribution in [3.8, 4) is 5.75 Å². The summed E-state index contributed by atoms with van der Waals surface area (Å²) >= 11 is 0. The van der Waals surface area contributed by atoms with E-state index < -0.39 is 7.12 Å². The first-order valence-electron chi connectivity index (χ1n) is 6.50. The molecular formula is C15H13BN2O3. The van der Waals surface area contributed by atoms with E-state index in [-0.39, 0.29) is 0 Å². The molecule has 6 heteroatoms. The van der Waals surface area contributed by atoms with Crippen LogP contribution in [0.1, 0.15) is 5.56 Å². The standard InChI is InChI=1S/C15H13BN2O3/c19-16(20)13-7-14(9-17-8-13)21-10-11-3-4-15-12(6-11)2-1-5-18-15/h1-9,19-20H,10H2. The van der Waals surface area contributed by atoms with Gasteiger partial charge < -0.3 is 14.8 Å². The quantitative estimate of drug-likeness (QED) is 0.694. The Labute approximate surface area is 122 Å². The van der Waals surface area contributed by atoms with E-state index in [9.17, 15) is 0 Å². The molecule has 0 unspecified atom stereocenters. The first-order chi connectivity index (χ1) is 10.2. The van der Waals surface area contributed by atoms with Crippen LogP contribution in [0.25, 0.3) is 10.9 Å². The van der Waals surface area contributed by atoms with Gasteiger partial charge in [-0.1, -0.05) is 12.1 Å². The molecule has 0 aliphatic heterocycles. The van der Waals surface area contributed by atoms with Gasteiger partial charge in [0.1, 0.15) is 12.4 Å². The van der Waals surface area contributed by atoms with Gasteiger partial charge in [-0.25, -0.2) is 0 Å². The lowest BCUT2D eigenvalue weighted by Crippen LogP contribution is -2.30. The number of hydrogen-bond acceptors (Lipinski definition) is 5. The zero-order valence-corrected chi connectivity index (χ0v) is 11.2. The third-order valence-electron chi connectivity index (χ3n) is 3.11. The predicted octanol–water partition coefficient (Wildman–Crippen LogP) is 0.889. The fraction of sp³-hybridized carbons (Fsp3) is 0.0667. The van der Waals surface area contributed by atoms with Gasteiger partial charge in [-0.3, -0.25) is 9.97 Å². The maximum absolute atomic E-state index is 9.10. The van der Waals surface area contributed by atoms with E-state index in [0.717, 1.165) is 16.5 Å². The highest BCUT2D eigenvalue weighted by Crippen LogP contribution is 2.15. The Hall–Kier alpha value is -2.44. The molecule has 1 aromatic carbocycles. The van der Waals surface area contributed by atoms with Gasteiger partial charge in [-0.15, -0.1) is 0 Å². The molecule has 0 atom stereocenters. The van der Waals surface area contributed by atoms with Crippen molar-refractivity contribution in [3.63, 3.8) is 0 Å². The number of fused-ring (bicyclic) bond motifs is 1. The summed E-state index contributed by atoms with van der Waals surface area (Å²) in [5, 5.41) is 19.3. The molecule has 5 nitrogen and oxygen atoms in total. The molecule has 0 saturated heterocycles. The van der Waals surface area contributed by atoms with Gasteiger partial charge in [0.25, 0.3) is 0 Å². The molecule has 0 aliphatic rings. The van der Waals surface area contributed by atoms with Crippen LogP contribution in [-0.4, -0.2) is 27.1 Å². The second kappa shape index (κ2) is 5.91. The molecule has 21 heavy (non-hydrogen) atoms. The summed E-state index contributed by atoms with van der Waals surface area (Å²) < 4.78 is 5.63. The third kappa shape index (κ3) is 3.18. The van der Waals surface area contributed by atoms with Crippen molar-refractivity contribution >= 4 is 23.5 Å². The van der Waals surface area contributed by atoms with Crippen LogP contribution in [0, 0.1) is 0 Å². The normalized spacial score (nSPS) is 10.6. The average molecular weight is 280 g/mol. The molecule has 0 fully saturated rings. The first-order valence-corrected chi connectivity index (χ1v) is 6.50. The molecule has 3 rings (SSSR count). The van der Waals surface area contributed by atoms with Crippen LogP contribution in [-0.2, 0) is 6.61 Å². The van der Waals surface area contributed by atoms with E-state index in [0.29, 0.717) is 17.8 Å². The van der Waals surface area contributed by atoms with Crippen molar-refractivity contribution in [1.82, 2.24) is 9.97 Å². The summed E-state index contributed by atoms with van der Waals surface area (Å²) in [7, 11) is -1.55. The number of hydrogen-bond donors (Lipinski definition) is 2. The van der Waals surface area contributed by atoms with Crippen molar-refractivity contribution < 1.29 is 14.8 Å². The van der Waals surface area contributed by atoms with Crippen LogP contribution in [0.4, 0.5) is 0 Å². The van der Waals surface area contributed by atoms with Crippen LogP contribution < -0.4 is 10.2 Å². The minimum atomic E-state index is -1.55. The first kappa shape index (κ1) is 13.5. The van der Waals surface area contributed by atoms with E-state index in [4.69, 9.17) is 14.8 Å². The van der Waals surface area contributed by atoms with Crippen molar-refractivity contribution in [2.75, 3.05) is 0 Å². The number of rotatable bonds is 4. The number of ether oxygens (including phenoxy) is 1. The fourth-order valence-corrected chi connectivity index (χ4v) is 2.04. The highest BCUT2D eigenvalue weighted by Gasteiger charge is 2.12. The van der Waals surface area contributed by atoms with Gasteiger partial charge in [0.2, 0.25) is 0 Å². The Kier molecular flexibility index (Phi) is 3.81. The van der Waals surface area contributed by atoms with Gasteiger partial charge in [0.15, 0.2) is 0 Å². The van der Waals surface area contributed by atoms with E-state index in [2.05, 4.69) is 9.97 Å². The second-order valence-electron chi connectivity index (χ2n) is 4.65. The third-order valence-corrected chi connectivity index (χ3v) is 3.11. The summed E-state index contributed by atoms with van der Waals surface area (Å²) in [6.45, 7) is 0.373. The van der Waals surface area contributed by atoms with Crippen molar-refractivity contribution in [1.29, 1.82) is 0 Å². The predicted molar refractivity (Wildman–Crippen MR) is 80.1 cm³/mol. The molecule has 0 amide bonds. The Bertz CT molecular complexity index is 764. The molecule has 0 aliphatic carbocycles. The van der Waals surface area contributed by atoms with Gasteiger partial charge in [0, 0.05) is 23.2 Å². The molecule has 0 spiro atoms. The van der Waals surface area contributed by atoms with Gasteiger partial charge in [0.05, 0.1) is 11.7 Å². The van der Waals surface area contributed by atoms with Gasteiger partial charge >= 0.3 is 7.12 Å². The molecule has 2 aromatic heterocycles. The van der Waals surface area contributed by atoms with E-state index in [1.807, 2.05) is 30.3 Å². The molecule has 2 heterocycles. The van der Waals surface area contributed by atoms with Crippen molar-refractivity contribution in [3.05, 3.63) is 60.6 Å². The smallest absolute Gasteiger partial charge is 0.487 e. The Balaban J connectivity index is 1.75. The Morgan fingerprint density at radius 1 is 1.10 bits per heavy atom. The van der Waals surface area contributed by atoms with Crippen LogP contribution in [0.15, 0.2) is 55.0 Å². The summed E-state index contributed by atoms with van der Waals surface area (Å²) in [6, 6.07) is 11.4. The molecule has 0 saturated carbocycles. The monoisotopic (exact) mass is 280 g/mol. The molecular weight excluding hydrogens is 267 g/mol. The topological polar surface area (TPSA) is 75.5 Å². The van der Waals surface area contributed by atoms with Crippen molar-refractivity contribution in [2.45, 2.75) is 6.61 Å². The number of benzene rings is 1. The minimum absolute atomic E-state index is 0.301. The maximum Gasteiger partial charge on any atom is 0.490 e. The number of nitrogens with zero attached hydrogens (tertiary/aromatic N) is 2. The van der Waals surface area contributed by atoms with Crippen LogP contribution in [0.3, 0.4) is 0 Å². The zero-order chi connectivity index (χ0) is 14.7. The molecule has 3 aromatic rings. The molecule has 0 radical (unpaired) electrons. The van der Waals surface area contributed by atoms with Crippen LogP contribution >= 0.6 is 0 Å². The maximum atomic E-state index is 9.10. The summed E-state index contributed by atoms with van der Waals surface area (Å²) in [6.07, 6.45) is 4.68. The van der Waals surface area contributed by atoms with Gasteiger partial charge in [-0.2, -0.15) is 0 Å². The number of pyridine rings is 2.